The van der Waals surface area contributed by atoms with E-state index >= 15 is 0 Å². The van der Waals surface area contributed by atoms with Gasteiger partial charge in [-0.3, -0.25) is 47.9 Å². The zero-order valence-electron chi connectivity index (χ0n) is 71.6. The topological polar surface area (TPSA) is 384 Å². The first-order chi connectivity index (χ1) is 56.6. The maximum absolute atomic E-state index is 14.9. The molecule has 0 radical (unpaired) electrons. The van der Waals surface area contributed by atoms with Crippen molar-refractivity contribution in [2.45, 2.75) is 373 Å². The van der Waals surface area contributed by atoms with E-state index in [4.69, 9.17) is 71.1 Å². The van der Waals surface area contributed by atoms with Gasteiger partial charge in [0, 0.05) is 61.8 Å². The van der Waals surface area contributed by atoms with Crippen molar-refractivity contribution in [1.29, 1.82) is 0 Å². The first-order valence-electron chi connectivity index (χ1n) is 42.7. The summed E-state index contributed by atoms with van der Waals surface area (Å²) in [7, 11) is 0.891. The Morgan fingerprint density at radius 1 is 0.449 bits per heavy atom. The van der Waals surface area contributed by atoms with Crippen LogP contribution < -0.4 is 10.6 Å². The molecule has 2 aliphatic rings. The summed E-state index contributed by atoms with van der Waals surface area (Å²) < 4.78 is 89.7. The van der Waals surface area contributed by atoms with Crippen LogP contribution in [0.1, 0.15) is 308 Å². The van der Waals surface area contributed by atoms with Crippen LogP contribution in [0.4, 0.5) is 0 Å². The van der Waals surface area contributed by atoms with Crippen molar-refractivity contribution in [2.24, 2.45) is 0 Å². The van der Waals surface area contributed by atoms with Crippen molar-refractivity contribution >= 4 is 77.5 Å². The molecular formula is C88H134N2O28. The summed E-state index contributed by atoms with van der Waals surface area (Å²) in [5, 5.41) is 5.54. The molecule has 30 nitrogen and oxygen atoms in total. The molecule has 2 aromatic carbocycles. The van der Waals surface area contributed by atoms with Gasteiger partial charge in [0.1, 0.15) is 31.0 Å². The minimum absolute atomic E-state index is 0.0290. The fraction of sp³-hybridized carbons (Fsp3) is 0.716. The van der Waals surface area contributed by atoms with Crippen LogP contribution in [0.2, 0.25) is 0 Å². The second kappa shape index (κ2) is 58.3. The molecule has 0 unspecified atom stereocenters. The van der Waals surface area contributed by atoms with E-state index in [9.17, 15) is 62.3 Å². The number of benzene rings is 2. The molecule has 118 heavy (non-hydrogen) atoms. The summed E-state index contributed by atoms with van der Waals surface area (Å²) >= 11 is 0. The van der Waals surface area contributed by atoms with Crippen LogP contribution in [0, 0.1) is 0 Å². The Labute approximate surface area is 696 Å². The zero-order chi connectivity index (χ0) is 86.6. The Morgan fingerprint density at radius 3 is 1.34 bits per heavy atom. The highest BCUT2D eigenvalue weighted by atomic mass is 16.8. The average molecular weight is 1670 g/mol. The molecule has 14 atom stereocenters. The zero-order valence-corrected chi connectivity index (χ0v) is 71.6. The predicted molar refractivity (Wildman–Crippen MR) is 430 cm³/mol. The van der Waals surface area contributed by atoms with E-state index in [1.165, 1.54) is 121 Å². The summed E-state index contributed by atoms with van der Waals surface area (Å²) in [4.78, 5) is 177. The summed E-state index contributed by atoms with van der Waals surface area (Å²) in [6, 6.07) is 12.8. The standard InChI is InChI=1S/C88H134N2O28/c1-12-14-16-18-20-22-24-26-27-28-29-30-31-32-34-36-38-40-48-54-75(99)89-70(78(117-85(102)69-51-45-42-46-52-69)71(115-84(101)68-49-43-41-44-50-68)53-47-39-37-35-33-25-23-21-19-17-15-13-2)56-107-86-83(114-67(10)98)82(113-66(9)97)80(112-65(8)96)74(116-86)58-108-88(87(103)104-11)55-72(109-62(5)93)77(90-76(100)59-106-61(4)92)81(118-88)79(111-64(7)95)73(110-63(6)94)57-105-60(3)91/h41-46,49-52,70-74,77-83,86H,12-40,47-48,53-59H2,1-11H3,(H,89,99)(H,90,100)/t70-,71+,72-,73+,74+,77+,78-,79+,80+,81+,82-,83+,86+,88+/m0/s1. The first-order valence-corrected chi connectivity index (χ1v) is 42.7. The number of amides is 2. The summed E-state index contributed by atoms with van der Waals surface area (Å²) in [6.07, 6.45) is 12.3. The lowest BCUT2D eigenvalue weighted by atomic mass is 9.87. The highest BCUT2D eigenvalue weighted by molar-refractivity contribution is 5.90. The van der Waals surface area contributed by atoms with Crippen LogP contribution in [-0.2, 0) is 124 Å². The van der Waals surface area contributed by atoms with E-state index in [0.717, 1.165) is 127 Å². The molecular weight excluding hydrogens is 1530 g/mol. The molecule has 2 fully saturated rings. The Bertz CT molecular complexity index is 3340. The Hall–Kier alpha value is -8.61. The second-order valence-corrected chi connectivity index (χ2v) is 30.5. The maximum Gasteiger partial charge on any atom is 0.366 e. The van der Waals surface area contributed by atoms with Crippen molar-refractivity contribution in [1.82, 2.24) is 10.6 Å². The highest BCUT2D eigenvalue weighted by Gasteiger charge is 2.61. The van der Waals surface area contributed by atoms with Crippen LogP contribution in [0.3, 0.4) is 0 Å². The van der Waals surface area contributed by atoms with Gasteiger partial charge in [0.2, 0.25) is 5.91 Å². The van der Waals surface area contributed by atoms with Gasteiger partial charge in [-0.15, -0.1) is 0 Å². The molecule has 0 spiro atoms. The van der Waals surface area contributed by atoms with E-state index in [1.54, 1.807) is 48.5 Å². The van der Waals surface area contributed by atoms with Gasteiger partial charge >= 0.3 is 65.7 Å². The van der Waals surface area contributed by atoms with Gasteiger partial charge < -0.3 is 81.7 Å². The highest BCUT2D eigenvalue weighted by Crippen LogP contribution is 2.40. The molecule has 2 heterocycles. The van der Waals surface area contributed by atoms with E-state index in [0.29, 0.717) is 25.7 Å². The Balaban J connectivity index is 1.88. The fourth-order valence-electron chi connectivity index (χ4n) is 14.5. The average Bonchev–Trinajstić information content (AvgIpc) is 0.752. The third-order valence-electron chi connectivity index (χ3n) is 20.3. The minimum Gasteiger partial charge on any atom is -0.465 e. The third-order valence-corrected chi connectivity index (χ3v) is 20.3. The number of rotatable bonds is 60. The van der Waals surface area contributed by atoms with Crippen LogP contribution in [-0.4, -0.2) is 196 Å². The van der Waals surface area contributed by atoms with Crippen LogP contribution in [0.5, 0.6) is 0 Å². The first kappa shape index (κ1) is 102. The second-order valence-electron chi connectivity index (χ2n) is 30.5. The normalized spacial score (nSPS) is 20.2. The van der Waals surface area contributed by atoms with Crippen molar-refractivity contribution in [2.75, 3.05) is 33.5 Å². The molecule has 0 aliphatic carbocycles. The number of carbonyl (C=O) groups excluding carboxylic acids is 13. The quantitative estimate of drug-likeness (QED) is 0.0353. The fourth-order valence-corrected chi connectivity index (χ4v) is 14.5. The lowest BCUT2D eigenvalue weighted by Crippen LogP contribution is -2.70. The molecule has 2 aromatic rings. The molecule has 0 aromatic heterocycles. The van der Waals surface area contributed by atoms with Crippen LogP contribution >= 0.6 is 0 Å². The van der Waals surface area contributed by atoms with Gasteiger partial charge in [0.15, 0.2) is 49.5 Å². The van der Waals surface area contributed by atoms with E-state index in [1.807, 2.05) is 0 Å². The van der Waals surface area contributed by atoms with Crippen molar-refractivity contribution in [3.05, 3.63) is 71.8 Å². The number of hydrogen-bond donors (Lipinski definition) is 2. The number of carbonyl (C=O) groups is 13. The van der Waals surface area contributed by atoms with Gasteiger partial charge in [0.25, 0.3) is 11.7 Å². The smallest absolute Gasteiger partial charge is 0.366 e. The van der Waals surface area contributed by atoms with Gasteiger partial charge in [0.05, 0.1) is 50.0 Å². The number of esters is 11. The van der Waals surface area contributed by atoms with Gasteiger partial charge in [-0.05, 0) is 43.5 Å². The van der Waals surface area contributed by atoms with E-state index < -0.39 is 196 Å². The molecule has 2 saturated heterocycles. The molecule has 30 heteroatoms. The van der Waals surface area contributed by atoms with Gasteiger partial charge in [-0.1, -0.05) is 236 Å². The molecule has 2 aliphatic heterocycles. The van der Waals surface area contributed by atoms with E-state index in [2.05, 4.69) is 24.5 Å². The monoisotopic (exact) mass is 1670 g/mol. The van der Waals surface area contributed by atoms with E-state index in [-0.39, 0.29) is 24.0 Å². The SMILES string of the molecule is CCCCCCCCCCCCCCCCCCCCCC(=O)N[C@@H](CO[C@@H]1O[C@H](CO[C@]2(C(=O)OC)C[C@H](OC(C)=O)[C@@H](NC(=O)COC(C)=O)[C@H]([C@H](OC(C)=O)[C@@H](COC(C)=O)OC(C)=O)O2)[C@@H](OC(C)=O)[C@H](OC(C)=O)[C@H]1OC(C)=O)[C@H](OC(=O)c1ccccc1)[C@@H](CCCCCCCCCCCCCC)OC(=O)c1ccccc1. The predicted octanol–water partition coefficient (Wildman–Crippen LogP) is 13.5. The van der Waals surface area contributed by atoms with Crippen molar-refractivity contribution in [3.63, 3.8) is 0 Å². The lowest BCUT2D eigenvalue weighted by molar-refractivity contribution is -0.341. The summed E-state index contributed by atoms with van der Waals surface area (Å²) in [6.45, 7) is 8.53. The van der Waals surface area contributed by atoms with Gasteiger partial charge in [-0.2, -0.15) is 0 Å². The van der Waals surface area contributed by atoms with Crippen LogP contribution in [0.15, 0.2) is 60.7 Å². The molecule has 0 bridgehead atoms. The number of nitrogens with one attached hydrogen (secondary N) is 2. The number of methoxy groups -OCH3 is 1. The number of unbranched alkanes of at least 4 members (excludes halogenated alkanes) is 29. The Morgan fingerprint density at radius 2 is 0.890 bits per heavy atom. The van der Waals surface area contributed by atoms with Crippen molar-refractivity contribution in [3.8, 4) is 0 Å². The largest absolute Gasteiger partial charge is 0.465 e. The molecule has 4 rings (SSSR count). The maximum atomic E-state index is 14.9. The molecule has 2 N–H and O–H groups in total. The lowest BCUT2D eigenvalue weighted by Gasteiger charge is -2.49. The number of ether oxygens (including phenoxy) is 15. The third kappa shape index (κ3) is 40.4. The summed E-state index contributed by atoms with van der Waals surface area (Å²) in [5.41, 5.74) is 0.246. The number of hydrogen-bond acceptors (Lipinski definition) is 28. The van der Waals surface area contributed by atoms with Crippen LogP contribution in [0.25, 0.3) is 0 Å². The molecule has 0 saturated carbocycles. The Kier molecular flexibility index (Phi) is 50.3. The summed E-state index contributed by atoms with van der Waals surface area (Å²) in [5.74, 6) is -15.9. The van der Waals surface area contributed by atoms with Gasteiger partial charge in [-0.25, -0.2) is 14.4 Å². The minimum atomic E-state index is -3.00. The molecule has 2 amide bonds. The van der Waals surface area contributed by atoms with Crippen molar-refractivity contribution < 1.29 is 133 Å². The molecule has 664 valence electrons.